The van der Waals surface area contributed by atoms with Crippen molar-refractivity contribution in [1.82, 2.24) is 10.6 Å². The van der Waals surface area contributed by atoms with Crippen LogP contribution >= 0.6 is 0 Å². The van der Waals surface area contributed by atoms with Crippen molar-refractivity contribution >= 4 is 17.8 Å². The molecule has 1 fully saturated rings. The van der Waals surface area contributed by atoms with Crippen molar-refractivity contribution in [2.45, 2.75) is 46.5 Å². The first-order valence-corrected chi connectivity index (χ1v) is 7.31. The second kappa shape index (κ2) is 7.38. The van der Waals surface area contributed by atoms with E-state index in [2.05, 4.69) is 15.6 Å². The molecule has 0 aliphatic carbocycles. The number of guanidine groups is 1. The Labute approximate surface area is 120 Å². The van der Waals surface area contributed by atoms with E-state index >= 15 is 0 Å². The molecule has 114 valence electrons. The van der Waals surface area contributed by atoms with Crippen molar-refractivity contribution in [2.24, 2.45) is 16.3 Å². The van der Waals surface area contributed by atoms with Crippen LogP contribution in [0.3, 0.4) is 0 Å². The van der Waals surface area contributed by atoms with Crippen LogP contribution in [0.4, 0.5) is 0 Å². The number of carbonyl (C=O) groups excluding carboxylic acids is 2. The highest BCUT2D eigenvalue weighted by atomic mass is 16.3. The molecule has 6 nitrogen and oxygen atoms in total. The molecule has 0 unspecified atom stereocenters. The van der Waals surface area contributed by atoms with E-state index in [1.165, 1.54) is 0 Å². The Balaban J connectivity index is 2.89. The third kappa shape index (κ3) is 3.17. The van der Waals surface area contributed by atoms with Crippen molar-refractivity contribution in [2.75, 3.05) is 13.2 Å². The highest BCUT2D eigenvalue weighted by Gasteiger charge is 2.51. The highest BCUT2D eigenvalue weighted by molar-refractivity contribution is 6.20. The zero-order valence-corrected chi connectivity index (χ0v) is 12.5. The SMILES string of the molecule is CCC[C@H](C)C1(CC)C(=O)NC(=NCCCO)NC1=O. The van der Waals surface area contributed by atoms with Crippen molar-refractivity contribution in [3.63, 3.8) is 0 Å². The van der Waals surface area contributed by atoms with Gasteiger partial charge in [0.2, 0.25) is 17.8 Å². The van der Waals surface area contributed by atoms with Gasteiger partial charge in [0.25, 0.3) is 0 Å². The fourth-order valence-corrected chi connectivity index (χ4v) is 2.71. The second-order valence-electron chi connectivity index (χ2n) is 5.23. The number of aliphatic hydroxyl groups excluding tert-OH is 1. The van der Waals surface area contributed by atoms with Gasteiger partial charge in [-0.3, -0.25) is 25.2 Å². The quantitative estimate of drug-likeness (QED) is 0.477. The Morgan fingerprint density at radius 2 is 1.85 bits per heavy atom. The van der Waals surface area contributed by atoms with E-state index in [-0.39, 0.29) is 30.3 Å². The van der Waals surface area contributed by atoms with Crippen LogP contribution in [0.25, 0.3) is 0 Å². The molecule has 3 N–H and O–H groups in total. The fraction of sp³-hybridized carbons (Fsp3) is 0.786. The predicted octanol–water partition coefficient (Wildman–Crippen LogP) is 0.803. The predicted molar refractivity (Wildman–Crippen MR) is 77.1 cm³/mol. The molecule has 6 heteroatoms. The van der Waals surface area contributed by atoms with Gasteiger partial charge in [-0.15, -0.1) is 0 Å². The maximum atomic E-state index is 12.4. The smallest absolute Gasteiger partial charge is 0.242 e. The summed E-state index contributed by atoms with van der Waals surface area (Å²) < 4.78 is 0. The van der Waals surface area contributed by atoms with Gasteiger partial charge in [0.15, 0.2) is 0 Å². The zero-order valence-electron chi connectivity index (χ0n) is 12.5. The number of hydrogen-bond donors (Lipinski definition) is 3. The van der Waals surface area contributed by atoms with Crippen molar-refractivity contribution < 1.29 is 14.7 Å². The number of amides is 2. The fourth-order valence-electron chi connectivity index (χ4n) is 2.71. The van der Waals surface area contributed by atoms with Gasteiger partial charge in [0, 0.05) is 13.2 Å². The summed E-state index contributed by atoms with van der Waals surface area (Å²) in [6.45, 7) is 6.25. The minimum atomic E-state index is -1.01. The molecule has 1 heterocycles. The molecular weight excluding hydrogens is 258 g/mol. The van der Waals surface area contributed by atoms with Gasteiger partial charge in [-0.2, -0.15) is 0 Å². The topological polar surface area (TPSA) is 90.8 Å². The summed E-state index contributed by atoms with van der Waals surface area (Å²) in [5, 5.41) is 14.1. The Morgan fingerprint density at radius 1 is 1.25 bits per heavy atom. The lowest BCUT2D eigenvalue weighted by Gasteiger charge is -2.39. The number of rotatable bonds is 7. The highest BCUT2D eigenvalue weighted by Crippen LogP contribution is 2.36. The third-order valence-corrected chi connectivity index (χ3v) is 3.98. The standard InChI is InChI=1S/C14H25N3O3/c1-4-7-10(3)14(5-2)11(19)16-13(17-12(14)20)15-8-6-9-18/h10,18H,4-9H2,1-3H3,(H2,15,16,17,19,20)/t10-/m0/s1. The number of hydrogen-bond acceptors (Lipinski definition) is 4. The average Bonchev–Trinajstić information content (AvgIpc) is 2.39. The molecule has 1 aliphatic rings. The first-order valence-electron chi connectivity index (χ1n) is 7.31. The van der Waals surface area contributed by atoms with E-state index in [0.717, 1.165) is 12.8 Å². The van der Waals surface area contributed by atoms with E-state index in [9.17, 15) is 9.59 Å². The number of nitrogens with one attached hydrogen (secondary N) is 2. The molecule has 0 radical (unpaired) electrons. The number of aliphatic imine (C=N–C) groups is 1. The minimum absolute atomic E-state index is 0.0171. The molecule has 0 bridgehead atoms. The van der Waals surface area contributed by atoms with E-state index in [1.807, 2.05) is 20.8 Å². The van der Waals surface area contributed by atoms with Crippen LogP contribution < -0.4 is 10.6 Å². The number of carbonyl (C=O) groups is 2. The maximum Gasteiger partial charge on any atom is 0.242 e. The van der Waals surface area contributed by atoms with Crippen LogP contribution in [0.2, 0.25) is 0 Å². The molecule has 1 aliphatic heterocycles. The van der Waals surface area contributed by atoms with Crippen LogP contribution in [-0.2, 0) is 9.59 Å². The molecule has 0 aromatic carbocycles. The van der Waals surface area contributed by atoms with Crippen LogP contribution in [-0.4, -0.2) is 36.0 Å². The maximum absolute atomic E-state index is 12.4. The van der Waals surface area contributed by atoms with Gasteiger partial charge < -0.3 is 5.11 Å². The monoisotopic (exact) mass is 283 g/mol. The molecule has 0 spiro atoms. The number of nitrogens with zero attached hydrogens (tertiary/aromatic N) is 1. The summed E-state index contributed by atoms with van der Waals surface area (Å²) in [6, 6.07) is 0. The Morgan fingerprint density at radius 3 is 2.30 bits per heavy atom. The van der Waals surface area contributed by atoms with Gasteiger partial charge in [-0.1, -0.05) is 27.2 Å². The normalized spacial score (nSPS) is 24.1. The summed E-state index contributed by atoms with van der Waals surface area (Å²) in [5.41, 5.74) is -1.01. The Kier molecular flexibility index (Phi) is 6.13. The van der Waals surface area contributed by atoms with E-state index in [0.29, 0.717) is 19.4 Å². The van der Waals surface area contributed by atoms with Crippen molar-refractivity contribution in [3.05, 3.63) is 0 Å². The van der Waals surface area contributed by atoms with Crippen LogP contribution in [0.15, 0.2) is 4.99 Å². The Bertz CT molecular complexity index is 373. The minimum Gasteiger partial charge on any atom is -0.396 e. The molecule has 1 saturated heterocycles. The lowest BCUT2D eigenvalue weighted by atomic mass is 9.70. The number of aliphatic hydroxyl groups is 1. The van der Waals surface area contributed by atoms with E-state index < -0.39 is 5.41 Å². The van der Waals surface area contributed by atoms with Crippen LogP contribution in [0.5, 0.6) is 0 Å². The summed E-state index contributed by atoms with van der Waals surface area (Å²) in [5.74, 6) is -0.363. The second-order valence-corrected chi connectivity index (χ2v) is 5.23. The largest absolute Gasteiger partial charge is 0.396 e. The molecule has 0 aromatic rings. The Hall–Kier alpha value is -1.43. The summed E-state index contributed by atoms with van der Waals surface area (Å²) in [4.78, 5) is 28.9. The third-order valence-electron chi connectivity index (χ3n) is 3.98. The van der Waals surface area contributed by atoms with Gasteiger partial charge >= 0.3 is 0 Å². The molecule has 2 amide bonds. The molecule has 1 rings (SSSR count). The van der Waals surface area contributed by atoms with E-state index in [1.54, 1.807) is 0 Å². The molecule has 0 aromatic heterocycles. The molecule has 1 atom stereocenters. The zero-order chi connectivity index (χ0) is 15.2. The lowest BCUT2D eigenvalue weighted by Crippen LogP contribution is -2.65. The molecule has 20 heavy (non-hydrogen) atoms. The van der Waals surface area contributed by atoms with Gasteiger partial charge in [-0.05, 0) is 25.2 Å². The molecular formula is C14H25N3O3. The van der Waals surface area contributed by atoms with Crippen molar-refractivity contribution in [3.8, 4) is 0 Å². The summed E-state index contributed by atoms with van der Waals surface area (Å²) in [6.07, 6.45) is 2.72. The molecule has 0 saturated carbocycles. The lowest BCUT2D eigenvalue weighted by molar-refractivity contribution is -0.148. The van der Waals surface area contributed by atoms with Crippen LogP contribution in [0, 0.1) is 11.3 Å². The van der Waals surface area contributed by atoms with Gasteiger partial charge in [-0.25, -0.2) is 0 Å². The van der Waals surface area contributed by atoms with Crippen molar-refractivity contribution in [1.29, 1.82) is 0 Å². The van der Waals surface area contributed by atoms with Crippen LogP contribution in [0.1, 0.15) is 46.5 Å². The summed E-state index contributed by atoms with van der Waals surface area (Å²) in [7, 11) is 0. The van der Waals surface area contributed by atoms with E-state index in [4.69, 9.17) is 5.11 Å². The summed E-state index contributed by atoms with van der Waals surface area (Å²) >= 11 is 0. The first kappa shape index (κ1) is 16.6. The first-order chi connectivity index (χ1) is 9.52. The van der Waals surface area contributed by atoms with Gasteiger partial charge in [0.1, 0.15) is 5.41 Å². The van der Waals surface area contributed by atoms with Gasteiger partial charge in [0.05, 0.1) is 0 Å². The average molecular weight is 283 g/mol.